The molecule has 0 heterocycles. The van der Waals surface area contributed by atoms with Crippen LogP contribution in [0.1, 0.15) is 33.5 Å². The van der Waals surface area contributed by atoms with Gasteiger partial charge in [-0.05, 0) is 59.2 Å². The average molecular weight is 539 g/mol. The highest BCUT2D eigenvalue weighted by Crippen LogP contribution is 2.27. The summed E-state index contributed by atoms with van der Waals surface area (Å²) in [6, 6.07) is 16.5. The molecule has 0 aromatic heterocycles. The normalized spacial score (nSPS) is 11.9. The Labute approximate surface area is 230 Å². The summed E-state index contributed by atoms with van der Waals surface area (Å²) in [5, 5.41) is 19.1. The fraction of sp³-hybridized carbons (Fsp3) is 0.0968. The number of benzene rings is 3. The first kappa shape index (κ1) is 29.0. The lowest BCUT2D eigenvalue weighted by molar-refractivity contribution is -0.121. The van der Waals surface area contributed by atoms with E-state index in [1.54, 1.807) is 54.6 Å². The molecule has 2 N–H and O–H groups in total. The Kier molecular flexibility index (Phi) is 10.1. The first-order chi connectivity index (χ1) is 19.2. The molecule has 0 aliphatic heterocycles. The van der Waals surface area contributed by atoms with Gasteiger partial charge in [-0.25, -0.2) is 0 Å². The number of allylic oxidation sites excluding steroid dienone is 3. The number of aromatic hydroxyl groups is 2. The number of phenols is 2. The van der Waals surface area contributed by atoms with Gasteiger partial charge in [0.05, 0.1) is 20.6 Å². The highest BCUT2D eigenvalue weighted by atomic mass is 16.5. The highest BCUT2D eigenvalue weighted by Gasteiger charge is 2.24. The summed E-state index contributed by atoms with van der Waals surface area (Å²) in [5.74, 6) is -0.319. The van der Waals surface area contributed by atoms with E-state index in [1.807, 2.05) is 12.1 Å². The van der Waals surface area contributed by atoms with Crippen molar-refractivity contribution in [2.75, 3.05) is 14.2 Å². The predicted molar refractivity (Wildman–Crippen MR) is 150 cm³/mol. The van der Waals surface area contributed by atoms with E-state index in [0.717, 1.165) is 5.56 Å². The van der Waals surface area contributed by atoms with Crippen molar-refractivity contribution in [1.82, 2.24) is 0 Å². The van der Waals surface area contributed by atoms with E-state index in [9.17, 15) is 24.6 Å². The number of rotatable bonds is 8. The third-order valence-corrected chi connectivity index (χ3v) is 5.65. The van der Waals surface area contributed by atoms with Crippen molar-refractivity contribution in [3.63, 3.8) is 0 Å². The van der Waals surface area contributed by atoms with E-state index in [-0.39, 0.29) is 41.0 Å². The number of hydrogen-bond donors (Lipinski definition) is 2. The van der Waals surface area contributed by atoms with E-state index < -0.39 is 0 Å². The molecule has 0 amide bonds. The molecule has 1 aliphatic rings. The van der Waals surface area contributed by atoms with E-state index in [4.69, 9.17) is 15.0 Å². The van der Waals surface area contributed by atoms with Crippen LogP contribution in [0.15, 0.2) is 78.9 Å². The number of carbonyl (C=O) groups excluding carboxylic acids is 3. The number of hydrogen-bond acceptors (Lipinski definition) is 7. The molecule has 4 rings (SSSR count). The summed E-state index contributed by atoms with van der Waals surface area (Å²) in [6.07, 6.45) is 8.70. The van der Waals surface area contributed by atoms with Gasteiger partial charge in [-0.3, -0.25) is 14.4 Å². The minimum absolute atomic E-state index is 0.00662. The molecule has 0 spiro atoms. The fourth-order valence-electron chi connectivity index (χ4n) is 3.57. The zero-order valence-corrected chi connectivity index (χ0v) is 21.8. The molecule has 0 atom stereocenters. The summed E-state index contributed by atoms with van der Waals surface area (Å²) in [4.78, 5) is 38.3. The van der Waals surface area contributed by atoms with Crippen LogP contribution in [-0.4, -0.2) is 52.3 Å². The first-order valence-corrected chi connectivity index (χ1v) is 12.0. The van der Waals surface area contributed by atoms with Crippen molar-refractivity contribution in [2.45, 2.75) is 6.42 Å². The molecule has 40 heavy (non-hydrogen) atoms. The monoisotopic (exact) mass is 538 g/mol. The zero-order valence-electron chi connectivity index (χ0n) is 21.8. The van der Waals surface area contributed by atoms with Crippen molar-refractivity contribution in [2.24, 2.45) is 0 Å². The van der Waals surface area contributed by atoms with Crippen LogP contribution in [0.2, 0.25) is 0 Å². The summed E-state index contributed by atoms with van der Waals surface area (Å²) in [5.41, 5.74) is 11.4. The predicted octanol–water partition coefficient (Wildman–Crippen LogP) is 4.94. The molecule has 3 aromatic rings. The Hall–Kier alpha value is -5.53. The van der Waals surface area contributed by atoms with E-state index in [2.05, 4.69) is 4.79 Å². The van der Waals surface area contributed by atoms with Crippen LogP contribution in [0.25, 0.3) is 23.8 Å². The minimum atomic E-state index is -0.347. The Morgan fingerprint density at radius 2 is 1.35 bits per heavy atom. The smallest absolute Gasteiger partial charge is 0.362 e. The molecule has 0 saturated carbocycles. The second-order valence-corrected chi connectivity index (χ2v) is 8.37. The summed E-state index contributed by atoms with van der Waals surface area (Å²) in [7, 11) is 2.87. The van der Waals surface area contributed by atoms with Gasteiger partial charge < -0.3 is 25.2 Å². The van der Waals surface area contributed by atoms with Crippen LogP contribution in [0.5, 0.6) is 23.0 Å². The van der Waals surface area contributed by atoms with Crippen molar-refractivity contribution in [3.8, 4) is 23.0 Å². The minimum Gasteiger partial charge on any atom is -0.504 e. The van der Waals surface area contributed by atoms with Crippen molar-refractivity contribution < 1.29 is 38.9 Å². The number of carbonyl (C=O) groups is 3. The maximum absolute atomic E-state index is 11.9. The third kappa shape index (κ3) is 7.74. The molecule has 0 unspecified atom stereocenters. The maximum Gasteiger partial charge on any atom is 0.362 e. The molecule has 0 fully saturated rings. The summed E-state index contributed by atoms with van der Waals surface area (Å²) >= 11 is 0. The summed E-state index contributed by atoms with van der Waals surface area (Å²) < 4.78 is 10.00. The zero-order chi connectivity index (χ0) is 29.1. The first-order valence-electron chi connectivity index (χ1n) is 12.0. The topological polar surface area (TPSA) is 147 Å². The van der Waals surface area contributed by atoms with Crippen LogP contribution in [0.4, 0.5) is 0 Å². The molecule has 1 aliphatic carbocycles. The standard InChI is InChI=1S/C21H20O6.C10H6N2O/c1-26-20-11-14(5-9-18(20)24)3-7-16(22)13-17(23)8-4-15-6-10-19(25)21(12-15)27-2;11-12-9-6-5-7-3-1-2-4-8(7)10(9)13/h3-12,24-25H,13H2,1-2H3;1-6H. The quantitative estimate of drug-likeness (QED) is 0.179. The van der Waals surface area contributed by atoms with E-state index in [1.165, 1.54) is 44.6 Å². The van der Waals surface area contributed by atoms with Gasteiger partial charge in [0.1, 0.15) is 0 Å². The molecule has 9 heteroatoms. The van der Waals surface area contributed by atoms with Gasteiger partial charge in [-0.1, -0.05) is 48.6 Å². The molecule has 0 bridgehead atoms. The summed E-state index contributed by atoms with van der Waals surface area (Å²) in [6.45, 7) is 0. The molecular formula is C31H26N2O7. The number of ketones is 3. The fourth-order valence-corrected chi connectivity index (χ4v) is 3.57. The lowest BCUT2D eigenvalue weighted by atomic mass is 9.95. The van der Waals surface area contributed by atoms with Gasteiger partial charge in [0.15, 0.2) is 34.6 Å². The van der Waals surface area contributed by atoms with Gasteiger partial charge in [0.2, 0.25) is 0 Å². The Morgan fingerprint density at radius 3 is 1.85 bits per heavy atom. The van der Waals surface area contributed by atoms with Crippen LogP contribution >= 0.6 is 0 Å². The Balaban J connectivity index is 0.000000281. The lowest BCUT2D eigenvalue weighted by Crippen LogP contribution is -2.17. The van der Waals surface area contributed by atoms with Crippen molar-refractivity contribution in [1.29, 1.82) is 0 Å². The van der Waals surface area contributed by atoms with E-state index >= 15 is 0 Å². The average Bonchev–Trinajstić information content (AvgIpc) is 2.97. The highest BCUT2D eigenvalue weighted by molar-refractivity contribution is 6.50. The molecule has 202 valence electrons. The lowest BCUT2D eigenvalue weighted by Gasteiger charge is -2.04. The van der Waals surface area contributed by atoms with Crippen molar-refractivity contribution >= 4 is 41.3 Å². The molecule has 9 nitrogen and oxygen atoms in total. The maximum atomic E-state index is 11.9. The second kappa shape index (κ2) is 13.9. The number of nitrogens with zero attached hydrogens (tertiary/aromatic N) is 2. The van der Waals surface area contributed by atoms with Crippen LogP contribution in [-0.2, 0) is 9.59 Å². The Bertz CT molecular complexity index is 1500. The van der Waals surface area contributed by atoms with Crippen molar-refractivity contribution in [3.05, 3.63) is 107 Å². The van der Waals surface area contributed by atoms with Gasteiger partial charge in [0.25, 0.3) is 5.78 Å². The van der Waals surface area contributed by atoms with E-state index in [0.29, 0.717) is 28.2 Å². The van der Waals surface area contributed by atoms with Gasteiger partial charge >= 0.3 is 5.71 Å². The van der Waals surface area contributed by atoms with Crippen LogP contribution < -0.4 is 9.47 Å². The Morgan fingerprint density at radius 1 is 0.825 bits per heavy atom. The van der Waals surface area contributed by atoms with Gasteiger partial charge in [0, 0.05) is 11.6 Å². The number of ether oxygens (including phenoxy) is 2. The number of methoxy groups -OCH3 is 2. The largest absolute Gasteiger partial charge is 0.504 e. The third-order valence-electron chi connectivity index (χ3n) is 5.65. The molecule has 0 saturated heterocycles. The van der Waals surface area contributed by atoms with Crippen LogP contribution in [0, 0.1) is 0 Å². The molecular weight excluding hydrogens is 512 g/mol. The SMILES string of the molecule is COc1cc(C=CC(=O)CC(=O)C=Cc2ccc(O)c(OC)c2)ccc1O.[N-]=[N+]=C1C=Cc2ccccc2C1=O. The van der Waals surface area contributed by atoms with Crippen LogP contribution in [0.3, 0.4) is 0 Å². The molecule has 0 radical (unpaired) electrons. The number of fused-ring (bicyclic) bond motifs is 1. The number of phenolic OH excluding ortho intramolecular Hbond substituents is 2. The number of Topliss-reactive ketones (excluding diaryl/α,β-unsaturated/α-hetero) is 1. The van der Waals surface area contributed by atoms with Gasteiger partial charge in [-0.15, -0.1) is 0 Å². The second-order valence-electron chi connectivity index (χ2n) is 8.37. The van der Waals surface area contributed by atoms with Gasteiger partial charge in [-0.2, -0.15) is 4.79 Å². The molecule has 3 aromatic carbocycles.